The average molecular weight is 244 g/mol. The number of hydrogen-bond donors (Lipinski definition) is 1. The van der Waals surface area contributed by atoms with E-state index in [9.17, 15) is 5.26 Å². The van der Waals surface area contributed by atoms with Gasteiger partial charge in [-0.3, -0.25) is 0 Å². The quantitative estimate of drug-likeness (QED) is 0.881. The van der Waals surface area contributed by atoms with Crippen molar-refractivity contribution in [1.82, 2.24) is 4.98 Å². The van der Waals surface area contributed by atoms with Crippen LogP contribution in [-0.2, 0) is 0 Å². The van der Waals surface area contributed by atoms with Crippen LogP contribution in [0.4, 0.5) is 5.82 Å². The second-order valence-electron chi connectivity index (χ2n) is 5.04. The summed E-state index contributed by atoms with van der Waals surface area (Å²) >= 11 is 0. The Morgan fingerprint density at radius 2 is 2.33 bits per heavy atom. The first kappa shape index (κ1) is 12.8. The van der Waals surface area contributed by atoms with E-state index in [2.05, 4.69) is 16.0 Å². The van der Waals surface area contributed by atoms with Crippen molar-refractivity contribution in [2.24, 2.45) is 11.7 Å². The fourth-order valence-electron chi connectivity index (χ4n) is 2.91. The third-order valence-corrected chi connectivity index (χ3v) is 4.00. The maximum absolute atomic E-state index is 9.27. The summed E-state index contributed by atoms with van der Waals surface area (Å²) in [5.74, 6) is 1.31. The summed E-state index contributed by atoms with van der Waals surface area (Å²) in [6.07, 6.45) is 5.30. The molecule has 2 N–H and O–H groups in total. The van der Waals surface area contributed by atoms with Gasteiger partial charge in [0.2, 0.25) is 0 Å². The highest BCUT2D eigenvalue weighted by Gasteiger charge is 2.31. The number of nitrogens with zero attached hydrogens (tertiary/aromatic N) is 3. The maximum Gasteiger partial charge on any atom is 0.146 e. The molecular weight excluding hydrogens is 224 g/mol. The summed E-state index contributed by atoms with van der Waals surface area (Å²) in [6, 6.07) is 4.56. The van der Waals surface area contributed by atoms with Crippen molar-refractivity contribution in [1.29, 1.82) is 5.26 Å². The Kier molecular flexibility index (Phi) is 3.83. The standard InChI is InChI=1S/C14H20N4/c1-10-6-7-17-14(12(10)9-16)18(2)13-5-3-4-11(13)8-15/h6-7,11,13H,3-5,8,15H2,1-2H3. The molecule has 18 heavy (non-hydrogen) atoms. The number of aromatic nitrogens is 1. The second-order valence-corrected chi connectivity index (χ2v) is 5.04. The molecule has 2 unspecified atom stereocenters. The van der Waals surface area contributed by atoms with E-state index in [0.717, 1.165) is 17.8 Å². The Balaban J connectivity index is 2.32. The van der Waals surface area contributed by atoms with Crippen molar-refractivity contribution in [3.63, 3.8) is 0 Å². The van der Waals surface area contributed by atoms with Gasteiger partial charge >= 0.3 is 0 Å². The summed E-state index contributed by atoms with van der Waals surface area (Å²) in [6.45, 7) is 2.66. The number of hydrogen-bond acceptors (Lipinski definition) is 4. The van der Waals surface area contributed by atoms with Crippen LogP contribution in [0.1, 0.15) is 30.4 Å². The minimum atomic E-state index is 0.413. The van der Waals surface area contributed by atoms with E-state index >= 15 is 0 Å². The zero-order valence-corrected chi connectivity index (χ0v) is 11.1. The van der Waals surface area contributed by atoms with Crippen LogP contribution in [-0.4, -0.2) is 24.6 Å². The van der Waals surface area contributed by atoms with Gasteiger partial charge < -0.3 is 10.6 Å². The second kappa shape index (κ2) is 5.36. The summed E-state index contributed by atoms with van der Waals surface area (Å²) in [5, 5.41) is 9.27. The van der Waals surface area contributed by atoms with Gasteiger partial charge in [0.25, 0.3) is 0 Å². The van der Waals surface area contributed by atoms with E-state index in [-0.39, 0.29) is 0 Å². The topological polar surface area (TPSA) is 65.9 Å². The number of rotatable bonds is 3. The molecule has 1 fully saturated rings. The normalized spacial score (nSPS) is 22.8. The molecule has 1 aromatic rings. The van der Waals surface area contributed by atoms with Crippen molar-refractivity contribution < 1.29 is 0 Å². The van der Waals surface area contributed by atoms with Gasteiger partial charge in [-0.05, 0) is 43.9 Å². The molecule has 2 rings (SSSR count). The van der Waals surface area contributed by atoms with Crippen LogP contribution < -0.4 is 10.6 Å². The summed E-state index contributed by atoms with van der Waals surface area (Å²) in [4.78, 5) is 6.54. The Labute approximate surface area is 108 Å². The van der Waals surface area contributed by atoms with Gasteiger partial charge in [-0.1, -0.05) is 6.42 Å². The molecule has 1 aliphatic rings. The predicted octanol–water partition coefficient (Wildman–Crippen LogP) is 1.83. The Morgan fingerprint density at radius 1 is 1.56 bits per heavy atom. The largest absolute Gasteiger partial charge is 0.355 e. The van der Waals surface area contributed by atoms with Gasteiger partial charge in [-0.15, -0.1) is 0 Å². The lowest BCUT2D eigenvalue weighted by Crippen LogP contribution is -2.38. The Hall–Kier alpha value is -1.60. The third-order valence-electron chi connectivity index (χ3n) is 4.00. The lowest BCUT2D eigenvalue weighted by atomic mass is 10.0. The fourth-order valence-corrected chi connectivity index (χ4v) is 2.91. The molecule has 0 spiro atoms. The highest BCUT2D eigenvalue weighted by molar-refractivity contribution is 5.57. The molecule has 1 aliphatic carbocycles. The van der Waals surface area contributed by atoms with Crippen LogP contribution >= 0.6 is 0 Å². The molecule has 96 valence electrons. The minimum absolute atomic E-state index is 0.413. The number of nitriles is 1. The van der Waals surface area contributed by atoms with E-state index in [1.165, 1.54) is 12.8 Å². The van der Waals surface area contributed by atoms with Crippen LogP contribution in [0.25, 0.3) is 0 Å². The van der Waals surface area contributed by atoms with Gasteiger partial charge in [0, 0.05) is 19.3 Å². The number of nitrogens with two attached hydrogens (primary N) is 1. The van der Waals surface area contributed by atoms with E-state index in [1.54, 1.807) is 6.20 Å². The van der Waals surface area contributed by atoms with Crippen molar-refractivity contribution >= 4 is 5.82 Å². The first-order valence-corrected chi connectivity index (χ1v) is 6.47. The fraction of sp³-hybridized carbons (Fsp3) is 0.571. The van der Waals surface area contributed by atoms with Crippen LogP contribution in [0, 0.1) is 24.2 Å². The summed E-state index contributed by atoms with van der Waals surface area (Å²) in [5.41, 5.74) is 7.49. The van der Waals surface area contributed by atoms with E-state index < -0.39 is 0 Å². The highest BCUT2D eigenvalue weighted by atomic mass is 15.2. The molecular formula is C14H20N4. The number of pyridine rings is 1. The molecule has 2 atom stereocenters. The lowest BCUT2D eigenvalue weighted by Gasteiger charge is -2.30. The van der Waals surface area contributed by atoms with Crippen LogP contribution in [0.15, 0.2) is 12.3 Å². The molecule has 0 radical (unpaired) electrons. The van der Waals surface area contributed by atoms with Crippen LogP contribution in [0.3, 0.4) is 0 Å². The van der Waals surface area contributed by atoms with Gasteiger partial charge in [-0.25, -0.2) is 4.98 Å². The summed E-state index contributed by atoms with van der Waals surface area (Å²) < 4.78 is 0. The van der Waals surface area contributed by atoms with Gasteiger partial charge in [-0.2, -0.15) is 5.26 Å². The highest BCUT2D eigenvalue weighted by Crippen LogP contribution is 2.32. The monoisotopic (exact) mass is 244 g/mol. The first-order valence-electron chi connectivity index (χ1n) is 6.47. The molecule has 0 aliphatic heterocycles. The molecule has 4 nitrogen and oxygen atoms in total. The molecule has 1 saturated carbocycles. The van der Waals surface area contributed by atoms with Crippen LogP contribution in [0.2, 0.25) is 0 Å². The van der Waals surface area contributed by atoms with Gasteiger partial charge in [0.15, 0.2) is 0 Å². The maximum atomic E-state index is 9.27. The van der Waals surface area contributed by atoms with Crippen molar-refractivity contribution in [3.05, 3.63) is 23.4 Å². The van der Waals surface area contributed by atoms with Gasteiger partial charge in [0.1, 0.15) is 11.9 Å². The summed E-state index contributed by atoms with van der Waals surface area (Å²) in [7, 11) is 2.03. The lowest BCUT2D eigenvalue weighted by molar-refractivity contribution is 0.472. The minimum Gasteiger partial charge on any atom is -0.355 e. The van der Waals surface area contributed by atoms with Crippen LogP contribution in [0.5, 0.6) is 0 Å². The molecule has 0 bridgehead atoms. The third kappa shape index (κ3) is 2.19. The smallest absolute Gasteiger partial charge is 0.146 e. The predicted molar refractivity (Wildman–Crippen MR) is 72.3 cm³/mol. The van der Waals surface area contributed by atoms with E-state index in [4.69, 9.17) is 5.73 Å². The first-order chi connectivity index (χ1) is 8.69. The van der Waals surface area contributed by atoms with Crippen molar-refractivity contribution in [3.8, 4) is 6.07 Å². The van der Waals surface area contributed by atoms with Crippen molar-refractivity contribution in [2.75, 3.05) is 18.5 Å². The van der Waals surface area contributed by atoms with E-state index in [1.807, 2.05) is 20.0 Å². The van der Waals surface area contributed by atoms with E-state index in [0.29, 0.717) is 24.1 Å². The Morgan fingerprint density at radius 3 is 3.00 bits per heavy atom. The van der Waals surface area contributed by atoms with Crippen molar-refractivity contribution in [2.45, 2.75) is 32.2 Å². The molecule has 0 amide bonds. The molecule has 0 aromatic carbocycles. The number of anilines is 1. The zero-order valence-electron chi connectivity index (χ0n) is 11.1. The zero-order chi connectivity index (χ0) is 13.1. The molecule has 4 heteroatoms. The molecule has 1 heterocycles. The Bertz CT molecular complexity index is 463. The SMILES string of the molecule is Cc1ccnc(N(C)C2CCCC2CN)c1C#N. The molecule has 0 saturated heterocycles. The van der Waals surface area contributed by atoms with Gasteiger partial charge in [0.05, 0.1) is 5.56 Å². The average Bonchev–Trinajstić information content (AvgIpc) is 2.85. The molecule has 1 aromatic heterocycles. The number of aryl methyl sites for hydroxylation is 1.